The summed E-state index contributed by atoms with van der Waals surface area (Å²) in [7, 11) is 3.94. The Balaban J connectivity index is 1.58. The highest BCUT2D eigenvalue weighted by Gasteiger charge is 2.30. The summed E-state index contributed by atoms with van der Waals surface area (Å²) < 4.78 is 11.5. The zero-order valence-electron chi connectivity index (χ0n) is 17.9. The first-order valence-corrected chi connectivity index (χ1v) is 9.97. The molecule has 0 bridgehead atoms. The molecular formula is C26H23NO4. The van der Waals surface area contributed by atoms with Crippen LogP contribution in [0.2, 0.25) is 0 Å². The zero-order valence-corrected chi connectivity index (χ0v) is 17.9. The maximum atomic E-state index is 12.8. The first kappa shape index (κ1) is 20.4. The number of nitrogens with zero attached hydrogens (tertiary/aromatic N) is 1. The number of ketones is 1. The number of carbonyl (C=O) groups excluding carboxylic acids is 2. The molecule has 0 fully saturated rings. The Morgan fingerprint density at radius 1 is 1.00 bits per heavy atom. The molecule has 0 spiro atoms. The Kier molecular flexibility index (Phi) is 5.34. The number of aryl methyl sites for hydroxylation is 1. The predicted molar refractivity (Wildman–Crippen MR) is 121 cm³/mol. The monoisotopic (exact) mass is 413 g/mol. The summed E-state index contributed by atoms with van der Waals surface area (Å²) in [5, 5.41) is 0. The largest absolute Gasteiger partial charge is 0.452 e. The Hall–Kier alpha value is -3.86. The molecule has 0 amide bonds. The van der Waals surface area contributed by atoms with Crippen molar-refractivity contribution in [2.75, 3.05) is 19.0 Å². The summed E-state index contributed by atoms with van der Waals surface area (Å²) >= 11 is 0. The maximum Gasteiger partial charge on any atom is 0.343 e. The second-order valence-electron chi connectivity index (χ2n) is 7.75. The van der Waals surface area contributed by atoms with Crippen LogP contribution in [0.5, 0.6) is 11.5 Å². The molecule has 0 N–H and O–H groups in total. The Morgan fingerprint density at radius 3 is 2.42 bits per heavy atom. The van der Waals surface area contributed by atoms with Crippen molar-refractivity contribution >= 4 is 23.5 Å². The van der Waals surface area contributed by atoms with Gasteiger partial charge in [-0.05, 0) is 61.9 Å². The number of Topliss-reactive ketones (excluding diaryl/α,β-unsaturated/α-hetero) is 1. The molecule has 1 aliphatic heterocycles. The molecule has 0 saturated carbocycles. The fraction of sp³-hybridized carbons (Fsp3) is 0.154. The van der Waals surface area contributed by atoms with E-state index in [1.807, 2.05) is 62.3 Å². The Labute approximate surface area is 181 Å². The van der Waals surface area contributed by atoms with Crippen LogP contribution in [0.1, 0.15) is 37.4 Å². The van der Waals surface area contributed by atoms with Crippen molar-refractivity contribution in [3.05, 3.63) is 94.2 Å². The van der Waals surface area contributed by atoms with Crippen molar-refractivity contribution in [1.82, 2.24) is 0 Å². The van der Waals surface area contributed by atoms with Crippen molar-refractivity contribution in [2.24, 2.45) is 0 Å². The predicted octanol–water partition coefficient (Wildman–Crippen LogP) is 5.20. The van der Waals surface area contributed by atoms with Gasteiger partial charge in [-0.2, -0.15) is 0 Å². The third kappa shape index (κ3) is 4.08. The molecular weight excluding hydrogens is 390 g/mol. The number of carbonyl (C=O) groups is 2. The standard InChI is InChI=1S/C26H23NO4/c1-16-6-5-7-19(14-16)26(29)31-22-13-12-21-24(28)23(30-25(21)17(22)2)15-18-8-10-20(11-9-18)27(3)4/h5-15H,1-4H3/b23-15-. The van der Waals surface area contributed by atoms with Gasteiger partial charge in [-0.3, -0.25) is 4.79 Å². The number of allylic oxidation sites excluding steroid dienone is 1. The minimum Gasteiger partial charge on any atom is -0.452 e. The topological polar surface area (TPSA) is 55.8 Å². The fourth-order valence-corrected chi connectivity index (χ4v) is 3.43. The molecule has 3 aromatic rings. The lowest BCUT2D eigenvalue weighted by atomic mass is 10.1. The number of hydrogen-bond acceptors (Lipinski definition) is 5. The van der Waals surface area contributed by atoms with Gasteiger partial charge in [-0.15, -0.1) is 0 Å². The first-order valence-electron chi connectivity index (χ1n) is 9.97. The van der Waals surface area contributed by atoms with Crippen LogP contribution < -0.4 is 14.4 Å². The maximum absolute atomic E-state index is 12.8. The van der Waals surface area contributed by atoms with Gasteiger partial charge >= 0.3 is 5.97 Å². The number of benzene rings is 3. The third-order valence-corrected chi connectivity index (χ3v) is 5.20. The van der Waals surface area contributed by atoms with Gasteiger partial charge in [0.1, 0.15) is 11.5 Å². The second-order valence-corrected chi connectivity index (χ2v) is 7.75. The molecule has 0 radical (unpaired) electrons. The van der Waals surface area contributed by atoms with Gasteiger partial charge in [-0.1, -0.05) is 29.8 Å². The molecule has 5 heteroatoms. The average Bonchev–Trinajstić information content (AvgIpc) is 3.06. The number of fused-ring (bicyclic) bond motifs is 1. The van der Waals surface area contributed by atoms with Gasteiger partial charge in [0.05, 0.1) is 11.1 Å². The summed E-state index contributed by atoms with van der Waals surface area (Å²) in [5.41, 5.74) is 4.45. The summed E-state index contributed by atoms with van der Waals surface area (Å²) in [4.78, 5) is 27.3. The van der Waals surface area contributed by atoms with Crippen LogP contribution in [0.4, 0.5) is 5.69 Å². The van der Waals surface area contributed by atoms with Crippen molar-refractivity contribution in [3.63, 3.8) is 0 Å². The van der Waals surface area contributed by atoms with E-state index in [2.05, 4.69) is 0 Å². The van der Waals surface area contributed by atoms with E-state index in [4.69, 9.17) is 9.47 Å². The summed E-state index contributed by atoms with van der Waals surface area (Å²) in [5.74, 6) is 0.405. The Bertz CT molecular complexity index is 1210. The second kappa shape index (κ2) is 8.11. The smallest absolute Gasteiger partial charge is 0.343 e. The highest BCUT2D eigenvalue weighted by atomic mass is 16.5. The van der Waals surface area contributed by atoms with Crippen LogP contribution >= 0.6 is 0 Å². The molecule has 4 rings (SSSR count). The molecule has 1 heterocycles. The third-order valence-electron chi connectivity index (χ3n) is 5.20. The summed E-state index contributed by atoms with van der Waals surface area (Å²) in [6.45, 7) is 3.69. The quantitative estimate of drug-likeness (QED) is 0.334. The van der Waals surface area contributed by atoms with E-state index < -0.39 is 5.97 Å². The fourth-order valence-electron chi connectivity index (χ4n) is 3.43. The minimum absolute atomic E-state index is 0.189. The van der Waals surface area contributed by atoms with Crippen LogP contribution in [0.15, 0.2) is 66.4 Å². The number of ether oxygens (including phenoxy) is 2. The molecule has 0 unspecified atom stereocenters. The molecule has 0 saturated heterocycles. The number of anilines is 1. The van der Waals surface area contributed by atoms with Crippen LogP contribution in [0.3, 0.4) is 0 Å². The minimum atomic E-state index is -0.451. The first-order chi connectivity index (χ1) is 14.8. The van der Waals surface area contributed by atoms with Gasteiger partial charge in [0.2, 0.25) is 5.78 Å². The van der Waals surface area contributed by atoms with E-state index in [1.54, 1.807) is 37.3 Å². The van der Waals surface area contributed by atoms with Gasteiger partial charge in [0.15, 0.2) is 5.76 Å². The van der Waals surface area contributed by atoms with E-state index in [0.29, 0.717) is 28.2 Å². The van der Waals surface area contributed by atoms with Gasteiger partial charge in [-0.25, -0.2) is 4.79 Å². The molecule has 3 aromatic carbocycles. The van der Waals surface area contributed by atoms with E-state index in [9.17, 15) is 9.59 Å². The molecule has 1 aliphatic rings. The van der Waals surface area contributed by atoms with Gasteiger partial charge < -0.3 is 14.4 Å². The highest BCUT2D eigenvalue weighted by molar-refractivity contribution is 6.15. The molecule has 31 heavy (non-hydrogen) atoms. The van der Waals surface area contributed by atoms with E-state index in [-0.39, 0.29) is 11.5 Å². The molecule has 0 aromatic heterocycles. The van der Waals surface area contributed by atoms with E-state index >= 15 is 0 Å². The van der Waals surface area contributed by atoms with Crippen LogP contribution in [-0.2, 0) is 0 Å². The van der Waals surface area contributed by atoms with Crippen LogP contribution in [0, 0.1) is 13.8 Å². The highest BCUT2D eigenvalue weighted by Crippen LogP contribution is 2.39. The zero-order chi connectivity index (χ0) is 22.1. The summed E-state index contributed by atoms with van der Waals surface area (Å²) in [6.07, 6.45) is 1.72. The van der Waals surface area contributed by atoms with E-state index in [1.165, 1.54) is 0 Å². The normalized spacial score (nSPS) is 13.7. The molecule has 0 aliphatic carbocycles. The number of esters is 1. The summed E-state index contributed by atoms with van der Waals surface area (Å²) in [6, 6.07) is 18.3. The van der Waals surface area contributed by atoms with Crippen LogP contribution in [0.25, 0.3) is 6.08 Å². The number of rotatable bonds is 4. The van der Waals surface area contributed by atoms with E-state index in [0.717, 1.165) is 16.8 Å². The molecule has 0 atom stereocenters. The van der Waals surface area contributed by atoms with Gasteiger partial charge in [0.25, 0.3) is 0 Å². The van der Waals surface area contributed by atoms with Crippen molar-refractivity contribution < 1.29 is 19.1 Å². The molecule has 156 valence electrons. The van der Waals surface area contributed by atoms with Crippen LogP contribution in [-0.4, -0.2) is 25.8 Å². The lowest BCUT2D eigenvalue weighted by Gasteiger charge is -2.12. The van der Waals surface area contributed by atoms with Crippen molar-refractivity contribution in [1.29, 1.82) is 0 Å². The lowest BCUT2D eigenvalue weighted by Crippen LogP contribution is -2.09. The number of hydrogen-bond donors (Lipinski definition) is 0. The SMILES string of the molecule is Cc1cccc(C(=O)Oc2ccc3c(c2C)O/C(=C\c2ccc(N(C)C)cc2)C3=O)c1. The lowest BCUT2D eigenvalue weighted by molar-refractivity contribution is 0.0733. The van der Waals surface area contributed by atoms with Crippen molar-refractivity contribution in [3.8, 4) is 11.5 Å². The van der Waals surface area contributed by atoms with Crippen molar-refractivity contribution in [2.45, 2.75) is 13.8 Å². The average molecular weight is 413 g/mol. The Morgan fingerprint density at radius 2 is 1.74 bits per heavy atom. The van der Waals surface area contributed by atoms with Gasteiger partial charge in [0, 0.05) is 25.3 Å². The molecule has 5 nitrogen and oxygen atoms in total.